The van der Waals surface area contributed by atoms with Crippen molar-refractivity contribution in [3.63, 3.8) is 0 Å². The highest BCUT2D eigenvalue weighted by Gasteiger charge is 2.35. The molecule has 104 valence electrons. The van der Waals surface area contributed by atoms with Crippen LogP contribution in [0, 0.1) is 0 Å². The van der Waals surface area contributed by atoms with Crippen LogP contribution in [-0.4, -0.2) is 35.3 Å². The molecule has 9 heteroatoms. The first kappa shape index (κ1) is 14.5. The number of rotatable bonds is 2. The van der Waals surface area contributed by atoms with Crippen LogP contribution in [0.2, 0.25) is 10.4 Å². The average Bonchev–Trinajstić information content (AvgIpc) is 2.26. The van der Waals surface area contributed by atoms with Crippen LogP contribution in [-0.2, 0) is 14.6 Å². The van der Waals surface area contributed by atoms with Crippen molar-refractivity contribution in [3.05, 3.63) is 16.5 Å². The molecule has 1 aliphatic rings. The topological polar surface area (TPSA) is 89.0 Å². The molecule has 6 nitrogen and oxygen atoms in total. The summed E-state index contributed by atoms with van der Waals surface area (Å²) in [6.07, 6.45) is 1.63. The molecule has 1 aliphatic heterocycles. The van der Waals surface area contributed by atoms with Gasteiger partial charge in [-0.15, -0.1) is 0 Å². The summed E-state index contributed by atoms with van der Waals surface area (Å²) in [5.41, 5.74) is 0. The van der Waals surface area contributed by atoms with E-state index in [1.165, 1.54) is 6.07 Å². The molecular formula is C10H11Cl2N3O3S. The summed E-state index contributed by atoms with van der Waals surface area (Å²) in [5, 5.41) is 1.33. The summed E-state index contributed by atoms with van der Waals surface area (Å²) in [4.78, 5) is 19.4. The number of hydrogen-bond donors (Lipinski definition) is 1. The van der Waals surface area contributed by atoms with E-state index in [9.17, 15) is 13.2 Å². The maximum Gasteiger partial charge on any atom is 0.243 e. The first-order chi connectivity index (χ1) is 8.88. The number of anilines is 1. The lowest BCUT2D eigenvalue weighted by molar-refractivity contribution is -0.116. The fraction of sp³-hybridized carbons (Fsp3) is 0.500. The summed E-state index contributed by atoms with van der Waals surface area (Å²) in [5.74, 6) is -0.475. The summed E-state index contributed by atoms with van der Waals surface area (Å²) in [6, 6.07) is 1.31. The van der Waals surface area contributed by atoms with Crippen molar-refractivity contribution in [2.45, 2.75) is 24.5 Å². The van der Waals surface area contributed by atoms with E-state index in [2.05, 4.69) is 15.3 Å². The molecule has 2 rings (SSSR count). The maximum atomic E-state index is 12.0. The molecule has 0 saturated carbocycles. The lowest BCUT2D eigenvalue weighted by Crippen LogP contribution is -2.39. The smallest absolute Gasteiger partial charge is 0.243 e. The van der Waals surface area contributed by atoms with Gasteiger partial charge in [0.2, 0.25) is 11.2 Å². The standard InChI is InChI=1S/C10H11Cl2N3O3S/c11-7-5-8(15-10(12)13-7)14-9(16)6-3-1-2-4-19(6,17)18/h5-6H,1-4H2,(H,13,14,15,16). The van der Waals surface area contributed by atoms with Crippen molar-refractivity contribution in [1.82, 2.24) is 9.97 Å². The van der Waals surface area contributed by atoms with Gasteiger partial charge in [0.1, 0.15) is 16.2 Å². The summed E-state index contributed by atoms with van der Waals surface area (Å²) < 4.78 is 23.6. The lowest BCUT2D eigenvalue weighted by atomic mass is 10.2. The minimum Gasteiger partial charge on any atom is -0.309 e. The van der Waals surface area contributed by atoms with Crippen molar-refractivity contribution in [2.24, 2.45) is 0 Å². The molecule has 1 aromatic rings. The molecule has 0 aromatic carbocycles. The number of sulfone groups is 1. The van der Waals surface area contributed by atoms with Gasteiger partial charge in [-0.1, -0.05) is 18.0 Å². The molecule has 2 heterocycles. The lowest BCUT2D eigenvalue weighted by Gasteiger charge is -2.21. The Hall–Kier alpha value is -0.920. The Kier molecular flexibility index (Phi) is 4.27. The quantitative estimate of drug-likeness (QED) is 0.660. The summed E-state index contributed by atoms with van der Waals surface area (Å²) in [6.45, 7) is 0. The highest BCUT2D eigenvalue weighted by atomic mass is 35.5. The van der Waals surface area contributed by atoms with Gasteiger partial charge in [-0.25, -0.2) is 18.4 Å². The van der Waals surface area contributed by atoms with Gasteiger partial charge < -0.3 is 5.32 Å². The minimum absolute atomic E-state index is 0.0381. The van der Waals surface area contributed by atoms with E-state index in [0.717, 1.165) is 0 Å². The first-order valence-electron chi connectivity index (χ1n) is 5.61. The second-order valence-corrected chi connectivity index (χ2v) is 7.21. The SMILES string of the molecule is O=C(Nc1cc(Cl)nc(Cl)n1)C1CCCCS1(=O)=O. The van der Waals surface area contributed by atoms with Gasteiger partial charge in [0, 0.05) is 6.07 Å². The molecule has 0 aliphatic carbocycles. The molecular weight excluding hydrogens is 313 g/mol. The number of amides is 1. The van der Waals surface area contributed by atoms with Crippen LogP contribution >= 0.6 is 23.2 Å². The summed E-state index contributed by atoms with van der Waals surface area (Å²) in [7, 11) is -3.38. The molecule has 1 amide bonds. The average molecular weight is 324 g/mol. The van der Waals surface area contributed by atoms with Gasteiger partial charge in [-0.2, -0.15) is 0 Å². The third-order valence-corrected chi connectivity index (χ3v) is 5.33. The molecule has 0 spiro atoms. The van der Waals surface area contributed by atoms with Crippen LogP contribution in [0.3, 0.4) is 0 Å². The van der Waals surface area contributed by atoms with E-state index in [0.29, 0.717) is 19.3 Å². The van der Waals surface area contributed by atoms with Crippen molar-refractivity contribution >= 4 is 44.8 Å². The van der Waals surface area contributed by atoms with Gasteiger partial charge in [0.15, 0.2) is 9.84 Å². The van der Waals surface area contributed by atoms with Gasteiger partial charge >= 0.3 is 0 Å². The Morgan fingerprint density at radius 3 is 2.68 bits per heavy atom. The van der Waals surface area contributed by atoms with Crippen molar-refractivity contribution in [1.29, 1.82) is 0 Å². The molecule has 1 atom stereocenters. The van der Waals surface area contributed by atoms with Gasteiger partial charge in [0.05, 0.1) is 5.75 Å². The number of nitrogens with one attached hydrogen (secondary N) is 1. The monoisotopic (exact) mass is 323 g/mol. The van der Waals surface area contributed by atoms with E-state index in [1.807, 2.05) is 0 Å². The normalized spacial score (nSPS) is 21.9. The molecule has 0 radical (unpaired) electrons. The zero-order valence-corrected chi connectivity index (χ0v) is 12.1. The van der Waals surface area contributed by atoms with Gasteiger partial charge in [-0.05, 0) is 24.4 Å². The van der Waals surface area contributed by atoms with Crippen molar-refractivity contribution in [2.75, 3.05) is 11.1 Å². The van der Waals surface area contributed by atoms with Crippen molar-refractivity contribution < 1.29 is 13.2 Å². The Morgan fingerprint density at radius 1 is 1.32 bits per heavy atom. The van der Waals surface area contributed by atoms with E-state index in [1.54, 1.807) is 0 Å². The maximum absolute atomic E-state index is 12.0. The fourth-order valence-electron chi connectivity index (χ4n) is 1.91. The second kappa shape index (κ2) is 5.60. The van der Waals surface area contributed by atoms with Crippen LogP contribution in [0.5, 0.6) is 0 Å². The van der Waals surface area contributed by atoms with Gasteiger partial charge in [-0.3, -0.25) is 4.79 Å². The van der Waals surface area contributed by atoms with E-state index >= 15 is 0 Å². The number of nitrogens with zero attached hydrogens (tertiary/aromatic N) is 2. The van der Waals surface area contributed by atoms with E-state index < -0.39 is 21.0 Å². The molecule has 1 saturated heterocycles. The van der Waals surface area contributed by atoms with Crippen LogP contribution < -0.4 is 5.32 Å². The predicted octanol–water partition coefficient (Wildman–Crippen LogP) is 1.69. The van der Waals surface area contributed by atoms with E-state index in [-0.39, 0.29) is 22.0 Å². The highest BCUT2D eigenvalue weighted by molar-refractivity contribution is 7.92. The Morgan fingerprint density at radius 2 is 2.05 bits per heavy atom. The Balaban J connectivity index is 2.16. The fourth-order valence-corrected chi connectivity index (χ4v) is 4.12. The molecule has 1 N–H and O–H groups in total. The number of halogens is 2. The highest BCUT2D eigenvalue weighted by Crippen LogP contribution is 2.21. The molecule has 19 heavy (non-hydrogen) atoms. The van der Waals surface area contributed by atoms with Crippen LogP contribution in [0.1, 0.15) is 19.3 Å². The Labute approximate surface area is 120 Å². The van der Waals surface area contributed by atoms with Crippen LogP contribution in [0.15, 0.2) is 6.07 Å². The zero-order chi connectivity index (χ0) is 14.0. The third kappa shape index (κ3) is 3.55. The largest absolute Gasteiger partial charge is 0.309 e. The van der Waals surface area contributed by atoms with Crippen LogP contribution in [0.4, 0.5) is 5.82 Å². The van der Waals surface area contributed by atoms with Gasteiger partial charge in [0.25, 0.3) is 0 Å². The zero-order valence-electron chi connectivity index (χ0n) is 9.77. The molecule has 0 bridgehead atoms. The number of carbonyl (C=O) groups is 1. The number of aromatic nitrogens is 2. The molecule has 1 unspecified atom stereocenters. The van der Waals surface area contributed by atoms with E-state index in [4.69, 9.17) is 23.2 Å². The number of carbonyl (C=O) groups excluding carboxylic acids is 1. The van der Waals surface area contributed by atoms with Crippen LogP contribution in [0.25, 0.3) is 0 Å². The predicted molar refractivity (Wildman–Crippen MR) is 72.1 cm³/mol. The molecule has 1 fully saturated rings. The minimum atomic E-state index is -3.38. The summed E-state index contributed by atoms with van der Waals surface area (Å²) >= 11 is 11.3. The Bertz CT molecular complexity index is 586. The molecule has 1 aromatic heterocycles. The second-order valence-electron chi connectivity index (χ2n) is 4.19. The third-order valence-electron chi connectivity index (χ3n) is 2.79. The first-order valence-corrected chi connectivity index (χ1v) is 8.08. The number of hydrogen-bond acceptors (Lipinski definition) is 5. The van der Waals surface area contributed by atoms with Crippen molar-refractivity contribution in [3.8, 4) is 0 Å².